The van der Waals surface area contributed by atoms with E-state index < -0.39 is 17.9 Å². The zero-order chi connectivity index (χ0) is 17.3. The zero-order valence-corrected chi connectivity index (χ0v) is 13.8. The minimum absolute atomic E-state index is 0.296. The highest BCUT2D eigenvalue weighted by Crippen LogP contribution is 2.45. The van der Waals surface area contributed by atoms with Gasteiger partial charge in [-0.25, -0.2) is 13.6 Å². The smallest absolute Gasteiger partial charge is 0.337 e. The van der Waals surface area contributed by atoms with Gasteiger partial charge in [-0.15, -0.1) is 0 Å². The number of methoxy groups -OCH3 is 1. The Bertz CT molecular complexity index is 749. The first-order valence-corrected chi connectivity index (χ1v) is 7.86. The molecule has 1 unspecified atom stereocenters. The molecular formula is C18H16ClF2NO2. The van der Waals surface area contributed by atoms with Crippen molar-refractivity contribution in [1.82, 2.24) is 0 Å². The van der Waals surface area contributed by atoms with Crippen molar-refractivity contribution in [2.75, 3.05) is 18.6 Å². The van der Waals surface area contributed by atoms with Crippen LogP contribution in [0.25, 0.3) is 0 Å². The number of halogens is 3. The van der Waals surface area contributed by atoms with Crippen LogP contribution in [0.5, 0.6) is 0 Å². The molecule has 0 aromatic heterocycles. The lowest BCUT2D eigenvalue weighted by atomic mass is 10.0. The number of hydrogen-bond donors (Lipinski definition) is 0. The highest BCUT2D eigenvalue weighted by molar-refractivity contribution is 6.31. The van der Waals surface area contributed by atoms with Gasteiger partial charge in [0, 0.05) is 17.1 Å². The van der Waals surface area contributed by atoms with Crippen LogP contribution >= 0.6 is 11.6 Å². The van der Waals surface area contributed by atoms with Crippen molar-refractivity contribution in [3.63, 3.8) is 0 Å². The van der Waals surface area contributed by atoms with Gasteiger partial charge in [0.1, 0.15) is 0 Å². The molecule has 1 aliphatic rings. The lowest BCUT2D eigenvalue weighted by Gasteiger charge is -2.27. The topological polar surface area (TPSA) is 29.5 Å². The maximum atomic E-state index is 14.1. The van der Waals surface area contributed by atoms with E-state index in [1.54, 1.807) is 53.4 Å². The molecule has 126 valence electrons. The fraction of sp³-hybridized carbons (Fsp3) is 0.278. The van der Waals surface area contributed by atoms with Crippen LogP contribution in [0.3, 0.4) is 0 Å². The summed E-state index contributed by atoms with van der Waals surface area (Å²) in [5.74, 6) is -3.26. The van der Waals surface area contributed by atoms with Gasteiger partial charge in [-0.2, -0.15) is 0 Å². The van der Waals surface area contributed by atoms with Gasteiger partial charge in [0.25, 0.3) is 5.92 Å². The first-order valence-electron chi connectivity index (χ1n) is 7.48. The van der Waals surface area contributed by atoms with Crippen LogP contribution in [0.2, 0.25) is 5.02 Å². The molecule has 0 N–H and O–H groups in total. The molecule has 24 heavy (non-hydrogen) atoms. The largest absolute Gasteiger partial charge is 0.465 e. The first-order chi connectivity index (χ1) is 11.4. The molecule has 3 nitrogen and oxygen atoms in total. The summed E-state index contributed by atoms with van der Waals surface area (Å²) in [7, 11) is 1.30. The van der Waals surface area contributed by atoms with Crippen molar-refractivity contribution in [1.29, 1.82) is 0 Å². The van der Waals surface area contributed by atoms with E-state index >= 15 is 0 Å². The number of alkyl halides is 2. The van der Waals surface area contributed by atoms with Gasteiger partial charge >= 0.3 is 5.97 Å². The summed E-state index contributed by atoms with van der Waals surface area (Å²) in [6.07, 6.45) is -0.296. The van der Waals surface area contributed by atoms with Gasteiger partial charge in [-0.1, -0.05) is 29.8 Å². The number of carbonyl (C=O) groups is 1. The molecule has 1 saturated heterocycles. The molecule has 0 saturated carbocycles. The predicted molar refractivity (Wildman–Crippen MR) is 88.9 cm³/mol. The van der Waals surface area contributed by atoms with Crippen LogP contribution in [0.1, 0.15) is 28.4 Å². The average Bonchev–Trinajstić information content (AvgIpc) is 2.90. The molecular weight excluding hydrogens is 336 g/mol. The first kappa shape index (κ1) is 16.7. The number of anilines is 1. The Hall–Kier alpha value is -2.14. The quantitative estimate of drug-likeness (QED) is 0.750. The zero-order valence-electron chi connectivity index (χ0n) is 13.0. The second-order valence-electron chi connectivity index (χ2n) is 5.76. The summed E-state index contributed by atoms with van der Waals surface area (Å²) in [5, 5.41) is 0.469. The van der Waals surface area contributed by atoms with E-state index in [4.69, 9.17) is 11.6 Å². The van der Waals surface area contributed by atoms with Crippen molar-refractivity contribution in [3.05, 3.63) is 64.7 Å². The molecule has 1 fully saturated rings. The van der Waals surface area contributed by atoms with Gasteiger partial charge in [0.2, 0.25) is 0 Å². The third-order valence-corrected chi connectivity index (χ3v) is 4.50. The Labute approximate surface area is 143 Å². The molecule has 2 aromatic rings. The van der Waals surface area contributed by atoms with Crippen LogP contribution < -0.4 is 4.90 Å². The Kier molecular flexibility index (Phi) is 4.45. The lowest BCUT2D eigenvalue weighted by molar-refractivity contribution is 0.0223. The molecule has 6 heteroatoms. The van der Waals surface area contributed by atoms with Crippen LogP contribution in [0.4, 0.5) is 14.5 Å². The van der Waals surface area contributed by atoms with Gasteiger partial charge in [-0.3, -0.25) is 0 Å². The molecule has 0 spiro atoms. The molecule has 1 aliphatic heterocycles. The van der Waals surface area contributed by atoms with Crippen LogP contribution in [0.15, 0.2) is 48.5 Å². The van der Waals surface area contributed by atoms with Crippen molar-refractivity contribution >= 4 is 23.3 Å². The van der Waals surface area contributed by atoms with Crippen molar-refractivity contribution < 1.29 is 18.3 Å². The van der Waals surface area contributed by atoms with Crippen molar-refractivity contribution in [2.24, 2.45) is 0 Å². The standard InChI is InChI=1S/C18H16ClF2NO2/c1-24-17(23)12-6-8-13(9-7-12)22-11-18(20,21)10-16(22)14-4-2-3-5-15(14)19/h2-9,16H,10-11H2,1H3. The van der Waals surface area contributed by atoms with E-state index in [0.717, 1.165) is 0 Å². The molecule has 1 atom stereocenters. The summed E-state index contributed by atoms with van der Waals surface area (Å²) < 4.78 is 32.8. The number of rotatable bonds is 3. The number of ether oxygens (including phenoxy) is 1. The summed E-state index contributed by atoms with van der Waals surface area (Å²) >= 11 is 6.20. The second-order valence-corrected chi connectivity index (χ2v) is 6.17. The minimum atomic E-state index is -2.80. The molecule has 0 radical (unpaired) electrons. The molecule has 0 bridgehead atoms. The summed E-state index contributed by atoms with van der Waals surface area (Å²) in [5.41, 5.74) is 1.67. The van der Waals surface area contributed by atoms with E-state index in [1.807, 2.05) is 0 Å². The maximum absolute atomic E-state index is 14.1. The number of carbonyl (C=O) groups excluding carboxylic acids is 1. The third-order valence-electron chi connectivity index (χ3n) is 4.15. The van der Waals surface area contributed by atoms with Gasteiger partial charge in [0.15, 0.2) is 0 Å². The van der Waals surface area contributed by atoms with Crippen molar-refractivity contribution in [2.45, 2.75) is 18.4 Å². The summed E-state index contributed by atoms with van der Waals surface area (Å²) in [6, 6.07) is 13.0. The molecule has 2 aromatic carbocycles. The summed E-state index contributed by atoms with van der Waals surface area (Å²) in [6.45, 7) is -0.388. The number of nitrogens with zero attached hydrogens (tertiary/aromatic N) is 1. The number of hydrogen-bond acceptors (Lipinski definition) is 3. The Morgan fingerprint density at radius 3 is 2.50 bits per heavy atom. The van der Waals surface area contributed by atoms with Gasteiger partial charge in [-0.05, 0) is 35.9 Å². The van der Waals surface area contributed by atoms with Crippen LogP contribution in [-0.4, -0.2) is 25.5 Å². The van der Waals surface area contributed by atoms with E-state index in [-0.39, 0.29) is 13.0 Å². The van der Waals surface area contributed by atoms with E-state index in [2.05, 4.69) is 4.74 Å². The van der Waals surface area contributed by atoms with Gasteiger partial charge < -0.3 is 9.64 Å². The third kappa shape index (κ3) is 3.22. The monoisotopic (exact) mass is 351 g/mol. The Morgan fingerprint density at radius 1 is 1.21 bits per heavy atom. The van der Waals surface area contributed by atoms with Crippen molar-refractivity contribution in [3.8, 4) is 0 Å². The highest BCUT2D eigenvalue weighted by Gasteiger charge is 2.46. The predicted octanol–water partition coefficient (Wildman–Crippen LogP) is 4.71. The van der Waals surface area contributed by atoms with Gasteiger partial charge in [0.05, 0.1) is 25.3 Å². The second kappa shape index (κ2) is 6.40. The number of esters is 1. The average molecular weight is 352 g/mol. The normalized spacial score (nSPS) is 19.3. The molecule has 0 aliphatic carbocycles. The molecule has 3 rings (SSSR count). The van der Waals surface area contributed by atoms with E-state index in [9.17, 15) is 13.6 Å². The fourth-order valence-corrected chi connectivity index (χ4v) is 3.28. The summed E-state index contributed by atoms with van der Waals surface area (Å²) in [4.78, 5) is 13.1. The molecule has 1 heterocycles. The Morgan fingerprint density at radius 2 is 1.88 bits per heavy atom. The van der Waals surface area contributed by atoms with E-state index in [0.29, 0.717) is 21.8 Å². The minimum Gasteiger partial charge on any atom is -0.465 e. The fourth-order valence-electron chi connectivity index (χ4n) is 3.02. The molecule has 0 amide bonds. The highest BCUT2D eigenvalue weighted by atomic mass is 35.5. The maximum Gasteiger partial charge on any atom is 0.337 e. The van der Waals surface area contributed by atoms with E-state index in [1.165, 1.54) is 7.11 Å². The van der Waals surface area contributed by atoms with Crippen LogP contribution in [0, 0.1) is 0 Å². The number of benzene rings is 2. The Balaban J connectivity index is 1.95. The van der Waals surface area contributed by atoms with Crippen LogP contribution in [-0.2, 0) is 4.74 Å². The SMILES string of the molecule is COC(=O)c1ccc(N2CC(F)(F)CC2c2ccccc2Cl)cc1. The lowest BCUT2D eigenvalue weighted by Crippen LogP contribution is -2.26.